The van der Waals surface area contributed by atoms with Gasteiger partial charge in [0.1, 0.15) is 6.54 Å². The molecule has 0 spiro atoms. The molecule has 1 aromatic heterocycles. The minimum Gasteiger partial charge on any atom is -0.341 e. The van der Waals surface area contributed by atoms with Crippen molar-refractivity contribution in [2.45, 2.75) is 26.2 Å². The topological polar surface area (TPSA) is 71.3 Å². The molecule has 0 saturated carbocycles. The van der Waals surface area contributed by atoms with Crippen molar-refractivity contribution in [1.29, 1.82) is 0 Å². The van der Waals surface area contributed by atoms with Crippen molar-refractivity contribution < 1.29 is 9.59 Å². The highest BCUT2D eigenvalue weighted by Crippen LogP contribution is 2.22. The third-order valence-electron chi connectivity index (χ3n) is 5.46. The van der Waals surface area contributed by atoms with E-state index in [4.69, 9.17) is 11.6 Å². The number of hydrogen-bond donors (Lipinski definition) is 0. The fourth-order valence-electron chi connectivity index (χ4n) is 3.73. The van der Waals surface area contributed by atoms with Crippen molar-refractivity contribution in [3.05, 3.63) is 71.0 Å². The van der Waals surface area contributed by atoms with E-state index in [2.05, 4.69) is 10.3 Å². The number of rotatable bonds is 5. The number of hydrogen-bond acceptors (Lipinski definition) is 4. The molecule has 8 heteroatoms. The highest BCUT2D eigenvalue weighted by atomic mass is 35.5. The van der Waals surface area contributed by atoms with Gasteiger partial charge < -0.3 is 4.90 Å². The second-order valence-electron chi connectivity index (χ2n) is 7.64. The first kappa shape index (κ1) is 21.1. The third kappa shape index (κ3) is 4.77. The van der Waals surface area contributed by atoms with E-state index < -0.39 is 0 Å². The average molecular weight is 438 g/mol. The Balaban J connectivity index is 1.62. The smallest absolute Gasteiger partial charge is 0.280 e. The Hall–Kier alpha value is -3.19. The molecule has 0 N–H and O–H groups in total. The summed E-state index contributed by atoms with van der Waals surface area (Å²) in [5.41, 5.74) is 2.51. The second-order valence-corrected chi connectivity index (χ2v) is 8.08. The molecule has 1 aliphatic heterocycles. The lowest BCUT2D eigenvalue weighted by atomic mass is 10.1. The van der Waals surface area contributed by atoms with Crippen molar-refractivity contribution in [1.82, 2.24) is 19.9 Å². The number of amides is 2. The van der Waals surface area contributed by atoms with Crippen LogP contribution >= 0.6 is 11.6 Å². The molecular formula is C23H24ClN5O2. The van der Waals surface area contributed by atoms with Gasteiger partial charge in [-0.2, -0.15) is 0 Å². The number of anilines is 1. The molecule has 2 amide bonds. The molecule has 31 heavy (non-hydrogen) atoms. The third-order valence-corrected chi connectivity index (χ3v) is 5.71. The first-order valence-electron chi connectivity index (χ1n) is 10.4. The number of benzene rings is 2. The number of carbonyl (C=O) groups is 2. The monoisotopic (exact) mass is 437 g/mol. The summed E-state index contributed by atoms with van der Waals surface area (Å²) < 4.78 is 1.52. The summed E-state index contributed by atoms with van der Waals surface area (Å²) in [6.07, 6.45) is 4.71. The SMILES string of the molecule is Cc1ccccc1N(CC(=O)N1CCCCC1)C(=O)c1cn(-c2ccc(Cl)cc2)nn1. The van der Waals surface area contributed by atoms with Crippen LogP contribution in [0.25, 0.3) is 5.69 Å². The standard InChI is InChI=1S/C23H24ClN5O2/c1-17-7-3-4-8-21(17)28(16-22(30)27-13-5-2-6-14-27)23(31)20-15-29(26-25-20)19-11-9-18(24)10-12-19/h3-4,7-12,15H,2,5-6,13-14,16H2,1H3. The number of likely N-dealkylation sites (tertiary alicyclic amines) is 1. The maximum Gasteiger partial charge on any atom is 0.280 e. The molecule has 3 aromatic rings. The van der Waals surface area contributed by atoms with Crippen molar-refractivity contribution in [2.24, 2.45) is 0 Å². The molecule has 2 aromatic carbocycles. The van der Waals surface area contributed by atoms with Gasteiger partial charge in [0, 0.05) is 23.8 Å². The number of aromatic nitrogens is 3. The molecule has 0 unspecified atom stereocenters. The van der Waals surface area contributed by atoms with Gasteiger partial charge in [0.2, 0.25) is 5.91 Å². The molecule has 1 aliphatic rings. The van der Waals surface area contributed by atoms with Gasteiger partial charge in [-0.05, 0) is 62.1 Å². The van der Waals surface area contributed by atoms with Gasteiger partial charge >= 0.3 is 0 Å². The summed E-state index contributed by atoms with van der Waals surface area (Å²) in [6.45, 7) is 3.37. The predicted molar refractivity (Wildman–Crippen MR) is 120 cm³/mol. The van der Waals surface area contributed by atoms with Crippen molar-refractivity contribution in [3.8, 4) is 5.69 Å². The van der Waals surface area contributed by atoms with Gasteiger partial charge in [-0.25, -0.2) is 4.68 Å². The fraction of sp³-hybridized carbons (Fsp3) is 0.304. The molecule has 0 radical (unpaired) electrons. The molecule has 0 atom stereocenters. The van der Waals surface area contributed by atoms with E-state index in [1.54, 1.807) is 30.5 Å². The molecule has 2 heterocycles. The van der Waals surface area contributed by atoms with E-state index >= 15 is 0 Å². The Morgan fingerprint density at radius 3 is 2.45 bits per heavy atom. The van der Waals surface area contributed by atoms with Crippen LogP contribution in [-0.4, -0.2) is 51.3 Å². The molecule has 7 nitrogen and oxygen atoms in total. The van der Waals surface area contributed by atoms with Crippen LogP contribution in [0.15, 0.2) is 54.7 Å². The van der Waals surface area contributed by atoms with E-state index in [0.29, 0.717) is 10.7 Å². The molecular weight excluding hydrogens is 414 g/mol. The summed E-state index contributed by atoms with van der Waals surface area (Å²) in [5, 5.41) is 8.77. The van der Waals surface area contributed by atoms with Crippen LogP contribution < -0.4 is 4.90 Å². The molecule has 160 valence electrons. The number of halogens is 1. The lowest BCUT2D eigenvalue weighted by molar-refractivity contribution is -0.130. The molecule has 1 saturated heterocycles. The summed E-state index contributed by atoms with van der Waals surface area (Å²) in [5.74, 6) is -0.415. The summed E-state index contributed by atoms with van der Waals surface area (Å²) in [4.78, 5) is 29.7. The summed E-state index contributed by atoms with van der Waals surface area (Å²) in [6, 6.07) is 14.6. The van der Waals surface area contributed by atoms with Crippen LogP contribution in [-0.2, 0) is 4.79 Å². The average Bonchev–Trinajstić information content (AvgIpc) is 3.29. The van der Waals surface area contributed by atoms with Crippen molar-refractivity contribution >= 4 is 29.1 Å². The number of aryl methyl sites for hydroxylation is 1. The van der Waals surface area contributed by atoms with Crippen LogP contribution in [0, 0.1) is 6.92 Å². The van der Waals surface area contributed by atoms with Crippen LogP contribution in [0.5, 0.6) is 0 Å². The Morgan fingerprint density at radius 2 is 1.74 bits per heavy atom. The van der Waals surface area contributed by atoms with E-state index in [9.17, 15) is 9.59 Å². The van der Waals surface area contributed by atoms with E-state index in [0.717, 1.165) is 43.6 Å². The molecule has 0 aliphatic carbocycles. The Bertz CT molecular complexity index is 1070. The highest BCUT2D eigenvalue weighted by molar-refractivity contribution is 6.30. The lowest BCUT2D eigenvalue weighted by Crippen LogP contribution is -2.45. The number of nitrogens with zero attached hydrogens (tertiary/aromatic N) is 5. The first-order valence-corrected chi connectivity index (χ1v) is 10.7. The van der Waals surface area contributed by atoms with E-state index in [-0.39, 0.29) is 24.1 Å². The maximum atomic E-state index is 13.4. The van der Waals surface area contributed by atoms with E-state index in [1.165, 1.54) is 9.58 Å². The Labute approximate surface area is 186 Å². The summed E-state index contributed by atoms with van der Waals surface area (Å²) in [7, 11) is 0. The van der Waals surface area contributed by atoms with Crippen LogP contribution in [0.2, 0.25) is 5.02 Å². The van der Waals surface area contributed by atoms with Crippen molar-refractivity contribution in [2.75, 3.05) is 24.5 Å². The number of piperidine rings is 1. The zero-order chi connectivity index (χ0) is 21.8. The second kappa shape index (κ2) is 9.31. The minimum atomic E-state index is -0.361. The van der Waals surface area contributed by atoms with Gasteiger partial charge in [-0.1, -0.05) is 35.0 Å². The maximum absolute atomic E-state index is 13.4. The van der Waals surface area contributed by atoms with Gasteiger partial charge in [0.25, 0.3) is 5.91 Å². The Morgan fingerprint density at radius 1 is 1.03 bits per heavy atom. The van der Waals surface area contributed by atoms with Gasteiger partial charge in [-0.15, -0.1) is 5.10 Å². The predicted octanol–water partition coefficient (Wildman–Crippen LogP) is 3.89. The van der Waals surface area contributed by atoms with Crippen LogP contribution in [0.4, 0.5) is 5.69 Å². The minimum absolute atomic E-state index is 0.0303. The first-order chi connectivity index (χ1) is 15.0. The lowest BCUT2D eigenvalue weighted by Gasteiger charge is -2.30. The van der Waals surface area contributed by atoms with Crippen molar-refractivity contribution in [3.63, 3.8) is 0 Å². The largest absolute Gasteiger partial charge is 0.341 e. The summed E-state index contributed by atoms with van der Waals surface area (Å²) >= 11 is 5.95. The zero-order valence-corrected chi connectivity index (χ0v) is 18.1. The number of para-hydroxylation sites is 1. The van der Waals surface area contributed by atoms with E-state index in [1.807, 2.05) is 36.1 Å². The fourth-order valence-corrected chi connectivity index (χ4v) is 3.86. The number of carbonyl (C=O) groups excluding carboxylic acids is 2. The molecule has 4 rings (SSSR count). The van der Waals surface area contributed by atoms with Gasteiger partial charge in [0.15, 0.2) is 5.69 Å². The highest BCUT2D eigenvalue weighted by Gasteiger charge is 2.27. The van der Waals surface area contributed by atoms with Crippen LogP contribution in [0.3, 0.4) is 0 Å². The zero-order valence-electron chi connectivity index (χ0n) is 17.4. The molecule has 1 fully saturated rings. The van der Waals surface area contributed by atoms with Gasteiger partial charge in [-0.3, -0.25) is 14.5 Å². The Kier molecular flexibility index (Phi) is 6.32. The van der Waals surface area contributed by atoms with Crippen LogP contribution in [0.1, 0.15) is 35.3 Å². The molecule has 0 bridgehead atoms. The normalized spacial score (nSPS) is 13.8. The quantitative estimate of drug-likeness (QED) is 0.607. The van der Waals surface area contributed by atoms with Gasteiger partial charge in [0.05, 0.1) is 11.9 Å².